The van der Waals surface area contributed by atoms with Gasteiger partial charge >= 0.3 is 12.1 Å². The predicted molar refractivity (Wildman–Crippen MR) is 65.0 cm³/mol. The molecule has 110 valence electrons. The van der Waals surface area contributed by atoms with E-state index in [2.05, 4.69) is 0 Å². The zero-order chi connectivity index (χ0) is 15.4. The van der Waals surface area contributed by atoms with Crippen LogP contribution in [0.25, 0.3) is 0 Å². The number of rotatable bonds is 5. The summed E-state index contributed by atoms with van der Waals surface area (Å²) in [5.41, 5.74) is -2.49. The highest BCUT2D eigenvalue weighted by atomic mass is 19.4. The van der Waals surface area contributed by atoms with Crippen molar-refractivity contribution < 1.29 is 27.9 Å². The van der Waals surface area contributed by atoms with Gasteiger partial charge in [-0.2, -0.15) is 13.2 Å². The van der Waals surface area contributed by atoms with Crippen LogP contribution in [-0.4, -0.2) is 28.7 Å². The molecule has 1 atom stereocenters. The van der Waals surface area contributed by atoms with Crippen LogP contribution in [0.5, 0.6) is 0 Å². The monoisotopic (exact) mass is 289 g/mol. The second-order valence-corrected chi connectivity index (χ2v) is 4.46. The van der Waals surface area contributed by atoms with Crippen LogP contribution in [0.4, 0.5) is 13.2 Å². The number of amides is 1. The third-order valence-corrected chi connectivity index (χ3v) is 2.87. The topological polar surface area (TPSA) is 66.4 Å². The standard InChI is InChI=1S/C13H14F3NO3/c1-12(11(19)20,13(14,15)16)17-10(18)8-7-9-5-3-2-4-6-9/h2-6H,7-8H2,1H3,(H,17,18)(H,19,20). The fraction of sp³-hybridized carbons (Fsp3) is 0.385. The molecule has 1 rings (SSSR count). The molecule has 0 aromatic heterocycles. The number of carboxylic acids is 1. The highest BCUT2D eigenvalue weighted by Crippen LogP contribution is 2.30. The predicted octanol–water partition coefficient (Wildman–Crippen LogP) is 2.14. The van der Waals surface area contributed by atoms with Crippen molar-refractivity contribution in [2.45, 2.75) is 31.5 Å². The Hall–Kier alpha value is -2.05. The molecule has 0 aliphatic carbocycles. The normalized spacial score (nSPS) is 14.4. The third-order valence-electron chi connectivity index (χ3n) is 2.87. The van der Waals surface area contributed by atoms with Gasteiger partial charge in [-0.25, -0.2) is 4.79 Å². The Bertz CT molecular complexity index is 487. The molecular formula is C13H14F3NO3. The van der Waals surface area contributed by atoms with Crippen LogP contribution in [0.15, 0.2) is 30.3 Å². The lowest BCUT2D eigenvalue weighted by atomic mass is 10.0. The zero-order valence-electron chi connectivity index (χ0n) is 10.7. The van der Waals surface area contributed by atoms with Crippen LogP contribution < -0.4 is 5.32 Å². The van der Waals surface area contributed by atoms with Gasteiger partial charge in [-0.3, -0.25) is 4.79 Å². The van der Waals surface area contributed by atoms with E-state index in [1.54, 1.807) is 30.3 Å². The number of aliphatic carboxylic acids is 1. The van der Waals surface area contributed by atoms with E-state index >= 15 is 0 Å². The zero-order valence-corrected chi connectivity index (χ0v) is 10.7. The maximum absolute atomic E-state index is 12.7. The first-order chi connectivity index (χ1) is 9.17. The van der Waals surface area contributed by atoms with Crippen molar-refractivity contribution in [3.05, 3.63) is 35.9 Å². The van der Waals surface area contributed by atoms with E-state index in [0.29, 0.717) is 6.92 Å². The summed E-state index contributed by atoms with van der Waals surface area (Å²) in [7, 11) is 0. The minimum atomic E-state index is -5.07. The molecule has 0 aliphatic rings. The lowest BCUT2D eigenvalue weighted by Gasteiger charge is -2.28. The average Bonchev–Trinajstić information content (AvgIpc) is 2.36. The fourth-order valence-electron chi connectivity index (χ4n) is 1.49. The summed E-state index contributed by atoms with van der Waals surface area (Å²) in [5, 5.41) is 10.2. The molecule has 20 heavy (non-hydrogen) atoms. The number of carbonyl (C=O) groups is 2. The molecular weight excluding hydrogens is 275 g/mol. The van der Waals surface area contributed by atoms with E-state index in [1.165, 1.54) is 5.32 Å². The molecule has 1 aromatic carbocycles. The van der Waals surface area contributed by atoms with E-state index in [9.17, 15) is 22.8 Å². The van der Waals surface area contributed by atoms with Crippen LogP contribution in [0.3, 0.4) is 0 Å². The van der Waals surface area contributed by atoms with Crippen LogP contribution >= 0.6 is 0 Å². The van der Waals surface area contributed by atoms with Gasteiger partial charge in [0.1, 0.15) is 0 Å². The first kappa shape index (κ1) is 16.0. The molecule has 1 unspecified atom stereocenters. The number of carboxylic acid groups (broad SMARTS) is 1. The van der Waals surface area contributed by atoms with Gasteiger partial charge in [-0.1, -0.05) is 30.3 Å². The number of carbonyl (C=O) groups excluding carboxylic acids is 1. The van der Waals surface area contributed by atoms with Gasteiger partial charge in [0.2, 0.25) is 11.4 Å². The van der Waals surface area contributed by atoms with Crippen molar-refractivity contribution in [1.29, 1.82) is 0 Å². The highest BCUT2D eigenvalue weighted by molar-refractivity contribution is 5.87. The Labute approximate surface area is 113 Å². The van der Waals surface area contributed by atoms with Crippen LogP contribution in [-0.2, 0) is 16.0 Å². The fourth-order valence-corrected chi connectivity index (χ4v) is 1.49. The number of hydrogen-bond acceptors (Lipinski definition) is 2. The second kappa shape index (κ2) is 5.94. The summed E-state index contributed by atoms with van der Waals surface area (Å²) in [5.74, 6) is -3.10. The molecule has 0 radical (unpaired) electrons. The number of alkyl halides is 3. The Morgan fingerprint density at radius 1 is 1.20 bits per heavy atom. The molecule has 0 heterocycles. The summed E-state index contributed by atoms with van der Waals surface area (Å²) in [4.78, 5) is 22.3. The van der Waals surface area contributed by atoms with E-state index in [-0.39, 0.29) is 12.8 Å². The van der Waals surface area contributed by atoms with E-state index in [1.807, 2.05) is 0 Å². The molecule has 1 aromatic rings. The van der Waals surface area contributed by atoms with E-state index in [0.717, 1.165) is 5.56 Å². The van der Waals surface area contributed by atoms with Gasteiger partial charge in [0.25, 0.3) is 0 Å². The van der Waals surface area contributed by atoms with Crippen molar-refractivity contribution in [3.63, 3.8) is 0 Å². The highest BCUT2D eigenvalue weighted by Gasteiger charge is 2.58. The molecule has 4 nitrogen and oxygen atoms in total. The van der Waals surface area contributed by atoms with Gasteiger partial charge in [-0.05, 0) is 18.9 Å². The van der Waals surface area contributed by atoms with Crippen LogP contribution in [0, 0.1) is 0 Å². The molecule has 7 heteroatoms. The minimum absolute atomic E-state index is 0.219. The van der Waals surface area contributed by atoms with Crippen molar-refractivity contribution in [1.82, 2.24) is 5.32 Å². The van der Waals surface area contributed by atoms with Gasteiger partial charge in [0, 0.05) is 6.42 Å². The molecule has 0 aliphatic heterocycles. The molecule has 2 N–H and O–H groups in total. The summed E-state index contributed by atoms with van der Waals surface area (Å²) in [6, 6.07) is 8.71. The number of halogens is 3. The maximum Gasteiger partial charge on any atom is 0.422 e. The van der Waals surface area contributed by atoms with Crippen molar-refractivity contribution >= 4 is 11.9 Å². The van der Waals surface area contributed by atoms with E-state index in [4.69, 9.17) is 5.11 Å². The maximum atomic E-state index is 12.7. The Kier molecular flexibility index (Phi) is 4.75. The van der Waals surface area contributed by atoms with E-state index < -0.39 is 23.6 Å². The number of hydrogen-bond donors (Lipinski definition) is 2. The van der Waals surface area contributed by atoms with Crippen LogP contribution in [0.1, 0.15) is 18.9 Å². The van der Waals surface area contributed by atoms with Crippen molar-refractivity contribution in [2.75, 3.05) is 0 Å². The quantitative estimate of drug-likeness (QED) is 0.872. The average molecular weight is 289 g/mol. The second-order valence-electron chi connectivity index (χ2n) is 4.46. The third kappa shape index (κ3) is 3.72. The summed E-state index contributed by atoms with van der Waals surface area (Å²) in [6.07, 6.45) is -5.05. The molecule has 0 fully saturated rings. The SMILES string of the molecule is CC(NC(=O)CCc1ccccc1)(C(=O)O)C(F)(F)F. The summed E-state index contributed by atoms with van der Waals surface area (Å²) < 4.78 is 38.0. The lowest BCUT2D eigenvalue weighted by Crippen LogP contribution is -2.61. The summed E-state index contributed by atoms with van der Waals surface area (Å²) >= 11 is 0. The van der Waals surface area contributed by atoms with Gasteiger partial charge in [-0.15, -0.1) is 0 Å². The summed E-state index contributed by atoms with van der Waals surface area (Å²) in [6.45, 7) is 0.426. The lowest BCUT2D eigenvalue weighted by molar-refractivity contribution is -0.206. The Morgan fingerprint density at radius 3 is 2.20 bits per heavy atom. The number of aryl methyl sites for hydroxylation is 1. The smallest absolute Gasteiger partial charge is 0.422 e. The van der Waals surface area contributed by atoms with Gasteiger partial charge < -0.3 is 10.4 Å². The van der Waals surface area contributed by atoms with Gasteiger partial charge in [0.05, 0.1) is 0 Å². The first-order valence-electron chi connectivity index (χ1n) is 5.82. The molecule has 1 amide bonds. The molecule has 0 saturated carbocycles. The van der Waals surface area contributed by atoms with Crippen molar-refractivity contribution in [2.24, 2.45) is 0 Å². The largest absolute Gasteiger partial charge is 0.479 e. The number of benzene rings is 1. The minimum Gasteiger partial charge on any atom is -0.479 e. The van der Waals surface area contributed by atoms with Gasteiger partial charge in [0.15, 0.2) is 0 Å². The Morgan fingerprint density at radius 2 is 1.75 bits per heavy atom. The number of nitrogens with one attached hydrogen (secondary N) is 1. The first-order valence-corrected chi connectivity index (χ1v) is 5.82. The Balaban J connectivity index is 2.67. The molecule has 0 spiro atoms. The molecule has 0 bridgehead atoms. The molecule has 0 saturated heterocycles. The van der Waals surface area contributed by atoms with Crippen LogP contribution in [0.2, 0.25) is 0 Å². The van der Waals surface area contributed by atoms with Crippen molar-refractivity contribution in [3.8, 4) is 0 Å².